The first kappa shape index (κ1) is 21.3. The van der Waals surface area contributed by atoms with Crippen LogP contribution in [-0.2, 0) is 11.3 Å². The fourth-order valence-corrected chi connectivity index (χ4v) is 5.19. The van der Waals surface area contributed by atoms with Gasteiger partial charge in [0.1, 0.15) is 0 Å². The van der Waals surface area contributed by atoms with E-state index in [2.05, 4.69) is 32.1 Å². The third-order valence-electron chi connectivity index (χ3n) is 6.11. The summed E-state index contributed by atoms with van der Waals surface area (Å²) in [5, 5.41) is 2.23. The Kier molecular flexibility index (Phi) is 6.09. The molecular formula is C22H29N7O2S. The zero-order valence-corrected chi connectivity index (χ0v) is 19.4. The molecule has 2 N–H and O–H groups in total. The van der Waals surface area contributed by atoms with Crippen LogP contribution < -0.4 is 15.4 Å². The Morgan fingerprint density at radius 2 is 1.91 bits per heavy atom. The summed E-state index contributed by atoms with van der Waals surface area (Å²) in [5.41, 5.74) is 10.7. The molecule has 170 valence electrons. The van der Waals surface area contributed by atoms with Gasteiger partial charge in [0.2, 0.25) is 11.8 Å². The van der Waals surface area contributed by atoms with Gasteiger partial charge in [0.05, 0.1) is 41.9 Å². The van der Waals surface area contributed by atoms with E-state index in [1.165, 1.54) is 5.56 Å². The molecule has 3 aromatic heterocycles. The molecule has 0 atom stereocenters. The summed E-state index contributed by atoms with van der Waals surface area (Å²) in [5.74, 6) is 1.16. The fraction of sp³-hybridized carbons (Fsp3) is 0.500. The third kappa shape index (κ3) is 4.23. The molecule has 9 nitrogen and oxygen atoms in total. The van der Waals surface area contributed by atoms with Gasteiger partial charge in [-0.15, -0.1) is 11.3 Å². The molecular weight excluding hydrogens is 426 g/mol. The standard InChI is InChI=1S/C22H29N7O2S/c1-27-3-5-28(6-4-27)13-16-14-32-20-18(15-11-17(23)21(30-2)24-12-15)25-22(26-19(16)20)29-7-9-31-10-8-29/h11-12,14H,3-10,13,23H2,1-2H3. The number of hydrogen-bond donors (Lipinski definition) is 1. The van der Waals surface area contributed by atoms with E-state index in [9.17, 15) is 0 Å². The highest BCUT2D eigenvalue weighted by Gasteiger charge is 2.22. The number of nitrogens with two attached hydrogens (primary N) is 1. The van der Waals surface area contributed by atoms with Gasteiger partial charge >= 0.3 is 0 Å². The van der Waals surface area contributed by atoms with Crippen molar-refractivity contribution in [1.29, 1.82) is 0 Å². The number of likely N-dealkylation sites (N-methyl/N-ethyl adjacent to an activating group) is 1. The molecule has 10 heteroatoms. The van der Waals surface area contributed by atoms with Gasteiger partial charge in [0, 0.05) is 63.1 Å². The Morgan fingerprint density at radius 1 is 1.12 bits per heavy atom. The van der Waals surface area contributed by atoms with Gasteiger partial charge in [-0.05, 0) is 18.5 Å². The maximum absolute atomic E-state index is 6.17. The van der Waals surface area contributed by atoms with Crippen LogP contribution in [0.2, 0.25) is 0 Å². The van der Waals surface area contributed by atoms with E-state index in [0.29, 0.717) is 24.8 Å². The van der Waals surface area contributed by atoms with Crippen LogP contribution in [0.5, 0.6) is 5.88 Å². The number of hydrogen-bond acceptors (Lipinski definition) is 10. The number of methoxy groups -OCH3 is 1. The molecule has 5 heterocycles. The van der Waals surface area contributed by atoms with Gasteiger partial charge in [0.15, 0.2) is 0 Å². The summed E-state index contributed by atoms with van der Waals surface area (Å²) in [6, 6.07) is 1.89. The lowest BCUT2D eigenvalue weighted by Crippen LogP contribution is -2.43. The number of rotatable bonds is 5. The number of thiophene rings is 1. The molecule has 0 bridgehead atoms. The van der Waals surface area contributed by atoms with Gasteiger partial charge in [-0.2, -0.15) is 0 Å². The van der Waals surface area contributed by atoms with Crippen molar-refractivity contribution in [2.45, 2.75) is 6.54 Å². The summed E-state index contributed by atoms with van der Waals surface area (Å²) in [6.45, 7) is 8.17. The number of pyridine rings is 1. The van der Waals surface area contributed by atoms with Crippen molar-refractivity contribution in [2.24, 2.45) is 0 Å². The lowest BCUT2D eigenvalue weighted by atomic mass is 10.1. The second-order valence-electron chi connectivity index (χ2n) is 8.31. The topological polar surface area (TPSA) is 92.9 Å². The number of piperazine rings is 1. The van der Waals surface area contributed by atoms with E-state index in [1.807, 2.05) is 6.07 Å². The Bertz CT molecular complexity index is 1090. The van der Waals surface area contributed by atoms with Crippen LogP contribution in [0.3, 0.4) is 0 Å². The lowest BCUT2D eigenvalue weighted by Gasteiger charge is -2.32. The molecule has 2 aliphatic rings. The summed E-state index contributed by atoms with van der Waals surface area (Å²) in [6.07, 6.45) is 1.78. The average Bonchev–Trinajstić information content (AvgIpc) is 3.23. The zero-order chi connectivity index (χ0) is 22.1. The van der Waals surface area contributed by atoms with E-state index in [1.54, 1.807) is 24.6 Å². The molecule has 0 radical (unpaired) electrons. The minimum absolute atomic E-state index is 0.425. The molecule has 0 aromatic carbocycles. The molecule has 0 spiro atoms. The molecule has 0 unspecified atom stereocenters. The fourth-order valence-electron chi connectivity index (χ4n) is 4.18. The van der Waals surface area contributed by atoms with Crippen molar-refractivity contribution in [3.63, 3.8) is 0 Å². The van der Waals surface area contributed by atoms with E-state index in [4.69, 9.17) is 25.2 Å². The third-order valence-corrected chi connectivity index (χ3v) is 7.13. The molecule has 2 saturated heterocycles. The van der Waals surface area contributed by atoms with Crippen molar-refractivity contribution in [1.82, 2.24) is 24.8 Å². The van der Waals surface area contributed by atoms with Crippen molar-refractivity contribution in [3.05, 3.63) is 23.2 Å². The first-order valence-corrected chi connectivity index (χ1v) is 11.8. The van der Waals surface area contributed by atoms with Crippen LogP contribution in [0.25, 0.3) is 21.5 Å². The van der Waals surface area contributed by atoms with Crippen LogP contribution >= 0.6 is 11.3 Å². The second kappa shape index (κ2) is 9.14. The number of aromatic nitrogens is 3. The predicted octanol–water partition coefficient (Wildman–Crippen LogP) is 1.93. The van der Waals surface area contributed by atoms with Gasteiger partial charge in [-0.25, -0.2) is 15.0 Å². The number of nitrogens with zero attached hydrogens (tertiary/aromatic N) is 6. The maximum Gasteiger partial charge on any atom is 0.236 e. The molecule has 2 fully saturated rings. The number of morpholine rings is 1. The predicted molar refractivity (Wildman–Crippen MR) is 127 cm³/mol. The number of ether oxygens (including phenoxy) is 2. The summed E-state index contributed by atoms with van der Waals surface area (Å²) in [4.78, 5) is 21.5. The summed E-state index contributed by atoms with van der Waals surface area (Å²) >= 11 is 1.69. The average molecular weight is 456 g/mol. The van der Waals surface area contributed by atoms with Crippen LogP contribution in [-0.4, -0.2) is 91.4 Å². The Morgan fingerprint density at radius 3 is 2.62 bits per heavy atom. The van der Waals surface area contributed by atoms with E-state index in [0.717, 1.165) is 73.2 Å². The smallest absolute Gasteiger partial charge is 0.236 e. The molecule has 0 amide bonds. The number of fused-ring (bicyclic) bond motifs is 1. The van der Waals surface area contributed by atoms with Crippen LogP contribution in [0.1, 0.15) is 5.56 Å². The molecule has 5 rings (SSSR count). The number of anilines is 2. The van der Waals surface area contributed by atoms with Crippen molar-refractivity contribution >= 4 is 33.2 Å². The van der Waals surface area contributed by atoms with Crippen LogP contribution in [0.4, 0.5) is 11.6 Å². The SMILES string of the molecule is COc1ncc(-c2nc(N3CCOCC3)nc3c(CN4CCN(C)CC4)csc23)cc1N. The van der Waals surface area contributed by atoms with Crippen molar-refractivity contribution < 1.29 is 9.47 Å². The minimum Gasteiger partial charge on any atom is -0.480 e. The molecule has 32 heavy (non-hydrogen) atoms. The highest BCUT2D eigenvalue weighted by atomic mass is 32.1. The van der Waals surface area contributed by atoms with Gasteiger partial charge in [0.25, 0.3) is 0 Å². The second-order valence-corrected chi connectivity index (χ2v) is 9.19. The molecule has 0 aliphatic carbocycles. The number of nitrogen functional groups attached to an aromatic ring is 1. The first-order valence-electron chi connectivity index (χ1n) is 10.9. The lowest BCUT2D eigenvalue weighted by molar-refractivity contribution is 0.122. The zero-order valence-electron chi connectivity index (χ0n) is 18.6. The van der Waals surface area contributed by atoms with Gasteiger partial charge < -0.3 is 25.0 Å². The van der Waals surface area contributed by atoms with Gasteiger partial charge in [-0.3, -0.25) is 4.90 Å². The van der Waals surface area contributed by atoms with E-state index in [-0.39, 0.29) is 0 Å². The van der Waals surface area contributed by atoms with Crippen molar-refractivity contribution in [3.8, 4) is 17.1 Å². The Hall–Kier alpha value is -2.53. The first-order chi connectivity index (χ1) is 15.6. The molecule has 0 saturated carbocycles. The maximum atomic E-state index is 6.17. The minimum atomic E-state index is 0.425. The summed E-state index contributed by atoms with van der Waals surface area (Å²) in [7, 11) is 3.75. The molecule has 3 aromatic rings. The quantitative estimate of drug-likeness (QED) is 0.619. The highest BCUT2D eigenvalue weighted by molar-refractivity contribution is 7.17. The summed E-state index contributed by atoms with van der Waals surface area (Å²) < 4.78 is 11.8. The van der Waals surface area contributed by atoms with Crippen molar-refractivity contribution in [2.75, 3.05) is 77.3 Å². The monoisotopic (exact) mass is 455 g/mol. The van der Waals surface area contributed by atoms with Crippen LogP contribution in [0, 0.1) is 0 Å². The van der Waals surface area contributed by atoms with Crippen LogP contribution in [0.15, 0.2) is 17.6 Å². The van der Waals surface area contributed by atoms with E-state index >= 15 is 0 Å². The Labute approximate surface area is 191 Å². The van der Waals surface area contributed by atoms with E-state index < -0.39 is 0 Å². The largest absolute Gasteiger partial charge is 0.480 e. The molecule has 2 aliphatic heterocycles. The highest BCUT2D eigenvalue weighted by Crippen LogP contribution is 2.36. The Balaban J connectivity index is 1.57. The normalized spacial score (nSPS) is 18.4. The van der Waals surface area contributed by atoms with Gasteiger partial charge in [-0.1, -0.05) is 0 Å².